The number of amides is 2. The molecule has 1 fully saturated rings. The quantitative estimate of drug-likeness (QED) is 0.779. The monoisotopic (exact) mass is 328 g/mol. The number of aryl methyl sites for hydroxylation is 1. The van der Waals surface area contributed by atoms with Gasteiger partial charge in [-0.25, -0.2) is 8.42 Å². The molecule has 2 amide bonds. The van der Waals surface area contributed by atoms with E-state index in [0.717, 1.165) is 5.76 Å². The van der Waals surface area contributed by atoms with Crippen molar-refractivity contribution in [2.45, 2.75) is 32.2 Å². The van der Waals surface area contributed by atoms with Crippen LogP contribution in [0.2, 0.25) is 0 Å². The SMILES string of the molecule is CCc1ccc(C(=O)NCCC(=O)N[C@H]2CCS(=O)(=O)C2)o1. The van der Waals surface area contributed by atoms with Gasteiger partial charge in [0.2, 0.25) is 5.91 Å². The zero-order chi connectivity index (χ0) is 16.2. The molecule has 2 rings (SSSR count). The first kappa shape index (κ1) is 16.5. The Labute approximate surface area is 129 Å². The molecule has 2 N–H and O–H groups in total. The Morgan fingerprint density at radius 3 is 2.73 bits per heavy atom. The average Bonchev–Trinajstić information content (AvgIpc) is 3.05. The van der Waals surface area contributed by atoms with Gasteiger partial charge in [0, 0.05) is 25.4 Å². The number of nitrogens with one attached hydrogen (secondary N) is 2. The predicted molar refractivity (Wildman–Crippen MR) is 80.2 cm³/mol. The summed E-state index contributed by atoms with van der Waals surface area (Å²) in [6.07, 6.45) is 1.26. The van der Waals surface area contributed by atoms with Crippen molar-refractivity contribution in [1.29, 1.82) is 0 Å². The zero-order valence-corrected chi connectivity index (χ0v) is 13.2. The van der Waals surface area contributed by atoms with E-state index in [1.165, 1.54) is 0 Å². The summed E-state index contributed by atoms with van der Waals surface area (Å²) in [7, 11) is -3.01. The molecule has 1 aromatic heterocycles. The fraction of sp³-hybridized carbons (Fsp3) is 0.571. The zero-order valence-electron chi connectivity index (χ0n) is 12.4. The Balaban J connectivity index is 1.69. The van der Waals surface area contributed by atoms with Crippen LogP contribution in [0.4, 0.5) is 0 Å². The maximum Gasteiger partial charge on any atom is 0.287 e. The molecule has 0 saturated carbocycles. The lowest BCUT2D eigenvalue weighted by molar-refractivity contribution is -0.121. The van der Waals surface area contributed by atoms with E-state index >= 15 is 0 Å². The average molecular weight is 328 g/mol. The highest BCUT2D eigenvalue weighted by molar-refractivity contribution is 7.91. The Hall–Kier alpha value is -1.83. The molecule has 22 heavy (non-hydrogen) atoms. The fourth-order valence-electron chi connectivity index (χ4n) is 2.28. The number of furan rings is 1. The maximum absolute atomic E-state index is 11.8. The third kappa shape index (κ3) is 4.59. The number of hydrogen-bond acceptors (Lipinski definition) is 5. The summed E-state index contributed by atoms with van der Waals surface area (Å²) >= 11 is 0. The molecule has 1 atom stereocenters. The Morgan fingerprint density at radius 2 is 2.14 bits per heavy atom. The number of carbonyl (C=O) groups excluding carboxylic acids is 2. The lowest BCUT2D eigenvalue weighted by Gasteiger charge is -2.10. The number of hydrogen-bond donors (Lipinski definition) is 2. The Bertz CT molecular complexity index is 650. The molecule has 0 aromatic carbocycles. The molecule has 0 unspecified atom stereocenters. The molecule has 1 aromatic rings. The smallest absolute Gasteiger partial charge is 0.287 e. The molecule has 0 bridgehead atoms. The summed E-state index contributed by atoms with van der Waals surface area (Å²) in [4.78, 5) is 23.5. The van der Waals surface area contributed by atoms with Gasteiger partial charge in [0.15, 0.2) is 15.6 Å². The molecule has 8 heteroatoms. The second-order valence-electron chi connectivity index (χ2n) is 5.29. The highest BCUT2D eigenvalue weighted by atomic mass is 32.2. The number of carbonyl (C=O) groups is 2. The Kier molecular flexibility index (Phi) is 5.23. The second-order valence-corrected chi connectivity index (χ2v) is 7.52. The molecular weight excluding hydrogens is 308 g/mol. The molecule has 0 spiro atoms. The fourth-order valence-corrected chi connectivity index (χ4v) is 3.95. The summed E-state index contributed by atoms with van der Waals surface area (Å²) < 4.78 is 27.9. The van der Waals surface area contributed by atoms with E-state index in [2.05, 4.69) is 10.6 Å². The maximum atomic E-state index is 11.8. The van der Waals surface area contributed by atoms with E-state index in [9.17, 15) is 18.0 Å². The van der Waals surface area contributed by atoms with Crippen molar-refractivity contribution in [3.8, 4) is 0 Å². The third-order valence-corrected chi connectivity index (χ3v) is 5.24. The van der Waals surface area contributed by atoms with Crippen molar-refractivity contribution in [2.24, 2.45) is 0 Å². The van der Waals surface area contributed by atoms with Gasteiger partial charge >= 0.3 is 0 Å². The van der Waals surface area contributed by atoms with Crippen molar-refractivity contribution < 1.29 is 22.4 Å². The van der Waals surface area contributed by atoms with Crippen molar-refractivity contribution in [2.75, 3.05) is 18.1 Å². The van der Waals surface area contributed by atoms with E-state index in [-0.39, 0.29) is 48.1 Å². The lowest BCUT2D eigenvalue weighted by Crippen LogP contribution is -2.37. The van der Waals surface area contributed by atoms with Crippen molar-refractivity contribution in [3.05, 3.63) is 23.7 Å². The minimum Gasteiger partial charge on any atom is -0.456 e. The first-order valence-corrected chi connectivity index (χ1v) is 9.08. The summed E-state index contributed by atoms with van der Waals surface area (Å²) in [5.74, 6) is 0.432. The summed E-state index contributed by atoms with van der Waals surface area (Å²) in [5.41, 5.74) is 0. The van der Waals surface area contributed by atoms with Crippen LogP contribution in [-0.2, 0) is 21.1 Å². The minimum absolute atomic E-state index is 0.00269. The highest BCUT2D eigenvalue weighted by Gasteiger charge is 2.28. The Morgan fingerprint density at radius 1 is 1.36 bits per heavy atom. The molecule has 0 aliphatic carbocycles. The summed E-state index contributed by atoms with van der Waals surface area (Å²) in [5, 5.41) is 5.27. The van der Waals surface area contributed by atoms with Crippen LogP contribution >= 0.6 is 0 Å². The molecule has 0 radical (unpaired) electrons. The van der Waals surface area contributed by atoms with Gasteiger partial charge in [-0.15, -0.1) is 0 Å². The van der Waals surface area contributed by atoms with Crippen molar-refractivity contribution in [1.82, 2.24) is 10.6 Å². The largest absolute Gasteiger partial charge is 0.456 e. The van der Waals surface area contributed by atoms with Crippen LogP contribution in [0.5, 0.6) is 0 Å². The minimum atomic E-state index is -3.01. The van der Waals surface area contributed by atoms with E-state index < -0.39 is 9.84 Å². The van der Waals surface area contributed by atoms with Crippen LogP contribution < -0.4 is 10.6 Å². The summed E-state index contributed by atoms with van der Waals surface area (Å²) in [6.45, 7) is 2.10. The van der Waals surface area contributed by atoms with Crippen LogP contribution in [-0.4, -0.2) is 44.3 Å². The molecule has 2 heterocycles. The first-order chi connectivity index (χ1) is 10.4. The van der Waals surface area contributed by atoms with Gasteiger partial charge in [0.05, 0.1) is 11.5 Å². The molecule has 1 aliphatic rings. The van der Waals surface area contributed by atoms with Crippen molar-refractivity contribution in [3.63, 3.8) is 0 Å². The first-order valence-electron chi connectivity index (χ1n) is 7.26. The van der Waals surface area contributed by atoms with E-state index in [1.807, 2.05) is 6.92 Å². The highest BCUT2D eigenvalue weighted by Crippen LogP contribution is 2.11. The van der Waals surface area contributed by atoms with Gasteiger partial charge in [0.1, 0.15) is 5.76 Å². The van der Waals surface area contributed by atoms with Crippen molar-refractivity contribution >= 4 is 21.7 Å². The van der Waals surface area contributed by atoms with Gasteiger partial charge < -0.3 is 15.1 Å². The lowest BCUT2D eigenvalue weighted by atomic mass is 10.2. The molecule has 1 saturated heterocycles. The van der Waals surface area contributed by atoms with Crippen LogP contribution in [0, 0.1) is 0 Å². The van der Waals surface area contributed by atoms with Gasteiger partial charge in [-0.2, -0.15) is 0 Å². The normalized spacial score (nSPS) is 19.8. The van der Waals surface area contributed by atoms with Gasteiger partial charge in [-0.05, 0) is 18.6 Å². The second kappa shape index (κ2) is 6.95. The van der Waals surface area contributed by atoms with Gasteiger partial charge in [0.25, 0.3) is 5.91 Å². The topological polar surface area (TPSA) is 105 Å². The van der Waals surface area contributed by atoms with E-state index in [1.54, 1.807) is 12.1 Å². The van der Waals surface area contributed by atoms with Crippen LogP contribution in [0.1, 0.15) is 36.1 Å². The van der Waals surface area contributed by atoms with Crippen LogP contribution in [0.25, 0.3) is 0 Å². The standard InChI is InChI=1S/C14H20N2O5S/c1-2-11-3-4-12(21-11)14(18)15-7-5-13(17)16-10-6-8-22(19,20)9-10/h3-4,10H,2,5-9H2,1H3,(H,15,18)(H,16,17)/t10-/m0/s1. The molecule has 7 nitrogen and oxygen atoms in total. The van der Waals surface area contributed by atoms with Crippen LogP contribution in [0.15, 0.2) is 16.5 Å². The molecular formula is C14H20N2O5S. The third-order valence-electron chi connectivity index (χ3n) is 3.47. The van der Waals surface area contributed by atoms with Gasteiger partial charge in [-0.1, -0.05) is 6.92 Å². The van der Waals surface area contributed by atoms with Crippen LogP contribution in [0.3, 0.4) is 0 Å². The number of rotatable bonds is 6. The van der Waals surface area contributed by atoms with Gasteiger partial charge in [-0.3, -0.25) is 9.59 Å². The number of sulfone groups is 1. The predicted octanol–water partition coefficient (Wildman–Crippen LogP) is 0.265. The van der Waals surface area contributed by atoms with E-state index in [0.29, 0.717) is 12.8 Å². The molecule has 1 aliphatic heterocycles. The van der Waals surface area contributed by atoms with E-state index in [4.69, 9.17) is 4.42 Å². The molecule has 122 valence electrons. The summed E-state index contributed by atoms with van der Waals surface area (Å²) in [6, 6.07) is 3.02.